The van der Waals surface area contributed by atoms with E-state index in [9.17, 15) is 8.78 Å². The summed E-state index contributed by atoms with van der Waals surface area (Å²) < 4.78 is 65.3. The van der Waals surface area contributed by atoms with E-state index in [4.69, 9.17) is 4.74 Å². The predicted octanol–water partition coefficient (Wildman–Crippen LogP) is 6.59. The molecule has 0 spiro atoms. The number of para-hydroxylation sites is 1. The zero-order chi connectivity index (χ0) is 27.2. The fourth-order valence-electron chi connectivity index (χ4n) is 6.12. The Kier molecular flexibility index (Phi) is 7.48. The number of nitrogens with one attached hydrogen (secondary N) is 1. The molecule has 2 aliphatic rings. The molecule has 3 heterocycles. The van der Waals surface area contributed by atoms with Gasteiger partial charge in [-0.1, -0.05) is 18.2 Å². The van der Waals surface area contributed by atoms with Crippen molar-refractivity contribution in [2.45, 2.75) is 64.3 Å². The van der Waals surface area contributed by atoms with Gasteiger partial charge in [0.2, 0.25) is 0 Å². The normalized spacial score (nSPS) is 23.6. The van der Waals surface area contributed by atoms with Crippen LogP contribution < -0.4 is 4.74 Å². The van der Waals surface area contributed by atoms with Crippen molar-refractivity contribution < 1.29 is 22.3 Å². The van der Waals surface area contributed by atoms with E-state index in [-0.39, 0.29) is 49.1 Å². The van der Waals surface area contributed by atoms with E-state index >= 15 is 8.78 Å². The van der Waals surface area contributed by atoms with Gasteiger partial charge in [0.1, 0.15) is 29.7 Å². The van der Waals surface area contributed by atoms with Crippen molar-refractivity contribution in [1.82, 2.24) is 14.8 Å². The maximum atomic E-state index is 15.8. The second-order valence-corrected chi connectivity index (χ2v) is 11.7. The molecule has 0 bridgehead atoms. The van der Waals surface area contributed by atoms with Crippen molar-refractivity contribution >= 4 is 10.9 Å². The van der Waals surface area contributed by atoms with Crippen LogP contribution in [0.25, 0.3) is 10.9 Å². The Hall–Kier alpha value is -2.58. The SMILES string of the molecule is CC(COc1cc(F)c([C@@H]2c3[nH]c4ccccc4c3C[C@@H](C)N2CC(C)(C)F)c(F)c1)N1CCC(CF)C1. The number of rotatable bonds is 8. The fraction of sp³-hybridized carbons (Fsp3) is 0.533. The van der Waals surface area contributed by atoms with E-state index < -0.39 is 23.3 Å². The number of alkyl halides is 2. The van der Waals surface area contributed by atoms with Gasteiger partial charge in [-0.25, -0.2) is 13.2 Å². The number of nitrogens with zero attached hydrogens (tertiary/aromatic N) is 2. The molecule has 0 amide bonds. The molecule has 4 atom stereocenters. The van der Waals surface area contributed by atoms with Gasteiger partial charge in [-0.15, -0.1) is 0 Å². The van der Waals surface area contributed by atoms with Crippen molar-refractivity contribution in [1.29, 1.82) is 0 Å². The third kappa shape index (κ3) is 5.30. The first-order valence-corrected chi connectivity index (χ1v) is 13.5. The standard InChI is InChI=1S/C30H37F4N3O/c1-18-11-23-22-7-5-6-8-26(22)35-28(23)29(37(18)17-30(3,4)34)27-24(32)12-21(13-25(27)33)38-16-19(2)36-10-9-20(14-31)15-36/h5-8,12-13,18-20,29,35H,9-11,14-17H2,1-4H3/t18-,19?,20?,29-/m1/s1. The van der Waals surface area contributed by atoms with Crippen LogP contribution in [0.2, 0.25) is 0 Å². The van der Waals surface area contributed by atoms with E-state index in [0.29, 0.717) is 18.7 Å². The van der Waals surface area contributed by atoms with Gasteiger partial charge in [-0.3, -0.25) is 14.2 Å². The minimum absolute atomic E-state index is 0.00673. The molecule has 206 valence electrons. The minimum Gasteiger partial charge on any atom is -0.492 e. The van der Waals surface area contributed by atoms with E-state index in [0.717, 1.165) is 29.4 Å². The molecule has 0 aliphatic carbocycles. The summed E-state index contributed by atoms with van der Waals surface area (Å²) in [4.78, 5) is 7.39. The van der Waals surface area contributed by atoms with Gasteiger partial charge in [0.25, 0.3) is 0 Å². The van der Waals surface area contributed by atoms with Gasteiger partial charge >= 0.3 is 0 Å². The molecule has 0 radical (unpaired) electrons. The van der Waals surface area contributed by atoms with E-state index in [1.54, 1.807) is 0 Å². The van der Waals surface area contributed by atoms with Crippen LogP contribution in [0.3, 0.4) is 0 Å². The lowest BCUT2D eigenvalue weighted by molar-refractivity contribution is 0.0642. The Morgan fingerprint density at radius 2 is 1.87 bits per heavy atom. The van der Waals surface area contributed by atoms with Crippen molar-refractivity contribution in [2.75, 3.05) is 32.9 Å². The molecular formula is C30H37F4N3O. The van der Waals surface area contributed by atoms with Gasteiger partial charge in [0, 0.05) is 65.4 Å². The lowest BCUT2D eigenvalue weighted by atomic mass is 9.87. The number of hydrogen-bond acceptors (Lipinski definition) is 3. The Morgan fingerprint density at radius 1 is 1.16 bits per heavy atom. The number of benzene rings is 2. The second-order valence-electron chi connectivity index (χ2n) is 11.7. The Balaban J connectivity index is 1.47. The lowest BCUT2D eigenvalue weighted by Crippen LogP contribution is -2.48. The highest BCUT2D eigenvalue weighted by atomic mass is 19.1. The number of halogens is 4. The number of aromatic amines is 1. The lowest BCUT2D eigenvalue weighted by Gasteiger charge is -2.43. The largest absolute Gasteiger partial charge is 0.492 e. The summed E-state index contributed by atoms with van der Waals surface area (Å²) in [5, 5.41) is 1.02. The van der Waals surface area contributed by atoms with Crippen LogP contribution in [0.5, 0.6) is 5.75 Å². The summed E-state index contributed by atoms with van der Waals surface area (Å²) in [6, 6.07) is 9.30. The van der Waals surface area contributed by atoms with Crippen LogP contribution >= 0.6 is 0 Å². The highest BCUT2D eigenvalue weighted by molar-refractivity contribution is 5.85. The monoisotopic (exact) mass is 531 g/mol. The van der Waals surface area contributed by atoms with Crippen molar-refractivity contribution in [3.05, 3.63) is 64.9 Å². The van der Waals surface area contributed by atoms with Gasteiger partial charge in [0.05, 0.1) is 12.7 Å². The first kappa shape index (κ1) is 27.0. The summed E-state index contributed by atoms with van der Waals surface area (Å²) in [6.45, 7) is 8.30. The molecule has 2 aliphatic heterocycles. The second kappa shape index (κ2) is 10.5. The predicted molar refractivity (Wildman–Crippen MR) is 142 cm³/mol. The summed E-state index contributed by atoms with van der Waals surface area (Å²) in [7, 11) is 0. The zero-order valence-corrected chi connectivity index (χ0v) is 22.5. The van der Waals surface area contributed by atoms with Gasteiger partial charge in [-0.2, -0.15) is 0 Å². The van der Waals surface area contributed by atoms with Gasteiger partial charge in [-0.05, 0) is 58.7 Å². The number of fused-ring (bicyclic) bond motifs is 3. The molecular weight excluding hydrogens is 494 g/mol. The quantitative estimate of drug-likeness (QED) is 0.333. The highest BCUT2D eigenvalue weighted by Gasteiger charge is 2.41. The van der Waals surface area contributed by atoms with Crippen molar-refractivity contribution in [2.24, 2.45) is 5.92 Å². The fourth-order valence-corrected chi connectivity index (χ4v) is 6.12. The Labute approximate surface area is 222 Å². The maximum Gasteiger partial charge on any atom is 0.135 e. The van der Waals surface area contributed by atoms with Crippen LogP contribution in [0.4, 0.5) is 17.6 Å². The maximum absolute atomic E-state index is 15.8. The summed E-state index contributed by atoms with van der Waals surface area (Å²) in [5.74, 6) is -1.31. The molecule has 2 aromatic carbocycles. The van der Waals surface area contributed by atoms with E-state index in [2.05, 4.69) is 9.88 Å². The van der Waals surface area contributed by atoms with Crippen LogP contribution in [-0.4, -0.2) is 65.5 Å². The van der Waals surface area contributed by atoms with Crippen LogP contribution in [0.1, 0.15) is 57.0 Å². The van der Waals surface area contributed by atoms with Crippen LogP contribution in [-0.2, 0) is 6.42 Å². The van der Waals surface area contributed by atoms with Crippen molar-refractivity contribution in [3.8, 4) is 5.75 Å². The first-order valence-electron chi connectivity index (χ1n) is 13.5. The molecule has 1 saturated heterocycles. The molecule has 1 N–H and O–H groups in total. The highest BCUT2D eigenvalue weighted by Crippen LogP contribution is 2.43. The molecule has 2 unspecified atom stereocenters. The third-order valence-corrected chi connectivity index (χ3v) is 8.05. The van der Waals surface area contributed by atoms with Crippen molar-refractivity contribution in [3.63, 3.8) is 0 Å². The molecule has 8 heteroatoms. The molecule has 4 nitrogen and oxygen atoms in total. The molecule has 38 heavy (non-hydrogen) atoms. The first-order chi connectivity index (χ1) is 18.1. The topological polar surface area (TPSA) is 31.5 Å². The molecule has 1 fully saturated rings. The molecule has 1 aromatic heterocycles. The Morgan fingerprint density at radius 3 is 2.53 bits per heavy atom. The zero-order valence-electron chi connectivity index (χ0n) is 22.5. The van der Waals surface area contributed by atoms with Crippen LogP contribution in [0, 0.1) is 17.6 Å². The average Bonchev–Trinajstić information content (AvgIpc) is 3.48. The van der Waals surface area contributed by atoms with Crippen LogP contribution in [0.15, 0.2) is 36.4 Å². The third-order valence-electron chi connectivity index (χ3n) is 8.05. The summed E-state index contributed by atoms with van der Waals surface area (Å²) in [5.41, 5.74) is 0.933. The van der Waals surface area contributed by atoms with Gasteiger partial charge in [0.15, 0.2) is 0 Å². The number of H-pyrrole nitrogens is 1. The summed E-state index contributed by atoms with van der Waals surface area (Å²) >= 11 is 0. The van der Waals surface area contributed by atoms with E-state index in [1.807, 2.05) is 43.0 Å². The van der Waals surface area contributed by atoms with E-state index in [1.165, 1.54) is 26.0 Å². The molecule has 5 rings (SSSR count). The Bertz CT molecular complexity index is 1260. The number of likely N-dealkylation sites (tertiary alicyclic amines) is 1. The number of hydrogen-bond donors (Lipinski definition) is 1. The minimum atomic E-state index is -1.56. The number of aromatic nitrogens is 1. The average molecular weight is 532 g/mol. The molecule has 3 aromatic rings. The number of ether oxygens (including phenoxy) is 1. The molecule has 0 saturated carbocycles. The van der Waals surface area contributed by atoms with Gasteiger partial charge < -0.3 is 9.72 Å². The smallest absolute Gasteiger partial charge is 0.135 e. The summed E-state index contributed by atoms with van der Waals surface area (Å²) in [6.07, 6.45) is 1.45.